The molecule has 9 heteroatoms. The average Bonchev–Trinajstić information content (AvgIpc) is 2.80. The lowest BCUT2D eigenvalue weighted by Crippen LogP contribution is -2.42. The molecule has 0 aliphatic heterocycles. The van der Waals surface area contributed by atoms with Gasteiger partial charge >= 0.3 is 0 Å². The van der Waals surface area contributed by atoms with E-state index in [9.17, 15) is 21.6 Å². The molecule has 2 bridgehead atoms. The van der Waals surface area contributed by atoms with Crippen molar-refractivity contribution in [3.8, 4) is 0 Å². The van der Waals surface area contributed by atoms with E-state index in [1.54, 1.807) is 18.2 Å². The van der Waals surface area contributed by atoms with E-state index in [1.165, 1.54) is 12.1 Å². The third-order valence-electron chi connectivity index (χ3n) is 5.61. The molecule has 0 spiro atoms. The maximum Gasteiger partial charge on any atom is 0.294 e. The standard InChI is InChI=1S/C10H16O4S.C6H6O3S/c1-9(2)7-3-4-10(9,8(11)5-7)6-15(12,13)14;7-10(8,9)6-4-2-1-3-5-6/h7H,3-6H2,1-2H3,(H,12,13,14);1-5H,(H,7,8,9). The zero-order valence-electron chi connectivity index (χ0n) is 14.0. The van der Waals surface area contributed by atoms with Gasteiger partial charge in [-0.15, -0.1) is 0 Å². The monoisotopic (exact) mass is 390 g/mol. The summed E-state index contributed by atoms with van der Waals surface area (Å²) >= 11 is 0. The fourth-order valence-electron chi connectivity index (χ4n) is 4.01. The van der Waals surface area contributed by atoms with Crippen LogP contribution in [0.2, 0.25) is 0 Å². The van der Waals surface area contributed by atoms with Crippen LogP contribution >= 0.6 is 0 Å². The van der Waals surface area contributed by atoms with Crippen LogP contribution in [0.1, 0.15) is 33.1 Å². The number of carbonyl (C=O) groups excluding carboxylic acids is 1. The summed E-state index contributed by atoms with van der Waals surface area (Å²) in [7, 11) is -8.08. The lowest BCUT2D eigenvalue weighted by atomic mass is 9.70. The summed E-state index contributed by atoms with van der Waals surface area (Å²) in [5.41, 5.74) is -1.12. The Bertz CT molecular complexity index is 857. The van der Waals surface area contributed by atoms with Crippen molar-refractivity contribution in [2.45, 2.75) is 38.0 Å². The third kappa shape index (κ3) is 3.94. The van der Waals surface area contributed by atoms with E-state index in [0.717, 1.165) is 6.42 Å². The molecular weight excluding hydrogens is 368 g/mol. The molecule has 2 aliphatic carbocycles. The Labute approximate surface area is 147 Å². The van der Waals surface area contributed by atoms with Crippen molar-refractivity contribution in [2.75, 3.05) is 5.75 Å². The average molecular weight is 390 g/mol. The molecule has 25 heavy (non-hydrogen) atoms. The Morgan fingerprint density at radius 3 is 1.96 bits per heavy atom. The summed E-state index contributed by atoms with van der Waals surface area (Å²) in [6.45, 7) is 3.89. The molecule has 0 saturated heterocycles. The molecule has 2 atom stereocenters. The normalized spacial score (nSPS) is 27.7. The van der Waals surface area contributed by atoms with Crippen LogP contribution in [0, 0.1) is 16.7 Å². The van der Waals surface area contributed by atoms with Gasteiger partial charge in [0.05, 0.1) is 16.1 Å². The Hall–Kier alpha value is -1.29. The van der Waals surface area contributed by atoms with Gasteiger partial charge in [0.1, 0.15) is 5.78 Å². The summed E-state index contributed by atoms with van der Waals surface area (Å²) in [6.07, 6.45) is 1.97. The van der Waals surface area contributed by atoms with Gasteiger partial charge in [0, 0.05) is 6.42 Å². The van der Waals surface area contributed by atoms with Crippen LogP contribution in [-0.2, 0) is 25.0 Å². The first-order valence-corrected chi connectivity index (χ1v) is 10.9. The van der Waals surface area contributed by atoms with Gasteiger partial charge in [0.25, 0.3) is 20.2 Å². The van der Waals surface area contributed by atoms with Crippen LogP contribution < -0.4 is 0 Å². The fraction of sp³-hybridized carbons (Fsp3) is 0.562. The molecule has 0 aromatic heterocycles. The second-order valence-electron chi connectivity index (χ2n) is 7.18. The van der Waals surface area contributed by atoms with E-state index in [1.807, 2.05) is 13.8 Å². The lowest BCUT2D eigenvalue weighted by molar-refractivity contribution is -0.128. The number of hydrogen-bond donors (Lipinski definition) is 2. The van der Waals surface area contributed by atoms with Crippen LogP contribution in [-0.4, -0.2) is 37.5 Å². The molecule has 1 aromatic rings. The van der Waals surface area contributed by atoms with Crippen molar-refractivity contribution in [3.05, 3.63) is 30.3 Å². The molecule has 0 radical (unpaired) electrons. The van der Waals surface area contributed by atoms with Crippen molar-refractivity contribution < 1.29 is 30.7 Å². The lowest BCUT2D eigenvalue weighted by Gasteiger charge is -2.35. The number of fused-ring (bicyclic) bond motifs is 2. The highest BCUT2D eigenvalue weighted by Crippen LogP contribution is 2.64. The Kier molecular flexibility index (Phi) is 5.17. The van der Waals surface area contributed by atoms with Crippen LogP contribution in [0.25, 0.3) is 0 Å². The minimum absolute atomic E-state index is 0.0152. The van der Waals surface area contributed by atoms with E-state index in [0.29, 0.717) is 12.8 Å². The van der Waals surface area contributed by atoms with Crippen LogP contribution in [0.15, 0.2) is 35.2 Å². The van der Waals surface area contributed by atoms with Gasteiger partial charge in [0.15, 0.2) is 0 Å². The van der Waals surface area contributed by atoms with Crippen LogP contribution in [0.3, 0.4) is 0 Å². The molecule has 3 rings (SSSR count). The summed E-state index contributed by atoms with van der Waals surface area (Å²) in [5, 5.41) is 0. The van der Waals surface area contributed by atoms with E-state index in [4.69, 9.17) is 9.11 Å². The predicted molar refractivity (Wildman–Crippen MR) is 91.2 cm³/mol. The number of hydrogen-bond acceptors (Lipinski definition) is 5. The summed E-state index contributed by atoms with van der Waals surface area (Å²) < 4.78 is 60.2. The zero-order valence-corrected chi connectivity index (χ0v) is 15.7. The van der Waals surface area contributed by atoms with E-state index in [-0.39, 0.29) is 22.0 Å². The zero-order chi connectivity index (χ0) is 19.1. The first-order chi connectivity index (χ1) is 11.3. The Morgan fingerprint density at radius 2 is 1.64 bits per heavy atom. The molecule has 140 valence electrons. The van der Waals surface area contributed by atoms with Gasteiger partial charge in [-0.1, -0.05) is 32.0 Å². The summed E-state index contributed by atoms with van der Waals surface area (Å²) in [5.74, 6) is -0.101. The van der Waals surface area contributed by atoms with Gasteiger partial charge in [0.2, 0.25) is 0 Å². The number of Topliss-reactive ketones (excluding diaryl/α,β-unsaturated/α-hetero) is 1. The molecule has 2 aliphatic rings. The van der Waals surface area contributed by atoms with Crippen molar-refractivity contribution in [1.82, 2.24) is 0 Å². The van der Waals surface area contributed by atoms with Gasteiger partial charge < -0.3 is 0 Å². The highest BCUT2D eigenvalue weighted by Gasteiger charge is 2.65. The first-order valence-electron chi connectivity index (χ1n) is 7.81. The number of rotatable bonds is 3. The van der Waals surface area contributed by atoms with Crippen molar-refractivity contribution >= 4 is 26.0 Å². The summed E-state index contributed by atoms with van der Waals surface area (Å²) in [6, 6.07) is 7.42. The first kappa shape index (κ1) is 20.0. The van der Waals surface area contributed by atoms with E-state index < -0.39 is 31.4 Å². The maximum absolute atomic E-state index is 11.9. The highest BCUT2D eigenvalue weighted by atomic mass is 32.2. The quantitative estimate of drug-likeness (QED) is 0.758. The smallest absolute Gasteiger partial charge is 0.294 e. The number of carbonyl (C=O) groups is 1. The van der Waals surface area contributed by atoms with Crippen LogP contribution in [0.5, 0.6) is 0 Å². The van der Waals surface area contributed by atoms with Gasteiger partial charge in [-0.2, -0.15) is 16.8 Å². The maximum atomic E-state index is 11.9. The Balaban J connectivity index is 0.000000196. The van der Waals surface area contributed by atoms with Gasteiger partial charge in [-0.05, 0) is 36.3 Å². The fourth-order valence-corrected chi connectivity index (χ4v) is 5.81. The number of ketones is 1. The molecule has 2 fully saturated rings. The minimum atomic E-state index is -4.08. The second kappa shape index (κ2) is 6.46. The molecular formula is C16H22O7S2. The van der Waals surface area contributed by atoms with Gasteiger partial charge in [-0.25, -0.2) is 0 Å². The second-order valence-corrected chi connectivity index (χ2v) is 10.1. The molecule has 0 heterocycles. The molecule has 7 nitrogen and oxygen atoms in total. The van der Waals surface area contributed by atoms with E-state index in [2.05, 4.69) is 0 Å². The Morgan fingerprint density at radius 1 is 1.08 bits per heavy atom. The minimum Gasteiger partial charge on any atom is -0.299 e. The molecule has 2 N–H and O–H groups in total. The highest BCUT2D eigenvalue weighted by molar-refractivity contribution is 7.86. The van der Waals surface area contributed by atoms with Crippen molar-refractivity contribution in [1.29, 1.82) is 0 Å². The summed E-state index contributed by atoms with van der Waals surface area (Å²) in [4.78, 5) is 11.8. The van der Waals surface area contributed by atoms with Crippen LogP contribution in [0.4, 0.5) is 0 Å². The molecule has 2 unspecified atom stereocenters. The van der Waals surface area contributed by atoms with Crippen molar-refractivity contribution in [2.24, 2.45) is 16.7 Å². The van der Waals surface area contributed by atoms with Crippen molar-refractivity contribution in [3.63, 3.8) is 0 Å². The number of benzene rings is 1. The topological polar surface area (TPSA) is 126 Å². The van der Waals surface area contributed by atoms with E-state index >= 15 is 0 Å². The third-order valence-corrected chi connectivity index (χ3v) is 7.33. The largest absolute Gasteiger partial charge is 0.299 e. The molecule has 1 aromatic carbocycles. The SMILES string of the molecule is CC1(C)C2CCC1(CS(=O)(=O)O)C(=O)C2.O=S(=O)(O)c1ccccc1. The molecule has 0 amide bonds. The predicted octanol–water partition coefficient (Wildman–Crippen LogP) is 2.20. The van der Waals surface area contributed by atoms with Gasteiger partial charge in [-0.3, -0.25) is 13.9 Å². The molecule has 2 saturated carbocycles.